The average molecular weight is 402 g/mol. The van der Waals surface area contributed by atoms with E-state index >= 15 is 0 Å². The van der Waals surface area contributed by atoms with Gasteiger partial charge in [-0.05, 0) is 42.7 Å². The van der Waals surface area contributed by atoms with Crippen molar-refractivity contribution in [2.45, 2.75) is 26.3 Å². The Morgan fingerprint density at radius 2 is 1.73 bits per heavy atom. The quantitative estimate of drug-likeness (QED) is 0.730. The summed E-state index contributed by atoms with van der Waals surface area (Å²) in [5, 5.41) is 2.75. The molecule has 0 saturated carbocycles. The number of rotatable bonds is 7. The summed E-state index contributed by atoms with van der Waals surface area (Å²) in [6.45, 7) is 4.06. The van der Waals surface area contributed by atoms with Crippen LogP contribution >= 0.6 is 24.8 Å². The topological polar surface area (TPSA) is 86.5 Å². The van der Waals surface area contributed by atoms with E-state index in [1.54, 1.807) is 49.7 Å². The first-order chi connectivity index (χ1) is 11.5. The molecule has 144 valence electrons. The fourth-order valence-electron chi connectivity index (χ4n) is 2.13. The molecule has 6 nitrogen and oxygen atoms in total. The summed E-state index contributed by atoms with van der Waals surface area (Å²) in [6, 6.07) is 10.1. The van der Waals surface area contributed by atoms with Crippen molar-refractivity contribution in [2.75, 3.05) is 12.4 Å². The standard InChI is InChI=1S/C18H23N3O3.2ClH/c1-12(2)10-16(19)18(22)21-13-4-9-17(20-11-13)24-15-7-5-14(23-3)6-8-15;;/h4-9,11-12,16H,10,19H2,1-3H3,(H,21,22);2*1H/t16-;;/m0../s1. The van der Waals surface area contributed by atoms with Gasteiger partial charge in [-0.2, -0.15) is 0 Å². The number of anilines is 1. The fraction of sp³-hybridized carbons (Fsp3) is 0.333. The van der Waals surface area contributed by atoms with Crippen molar-refractivity contribution >= 4 is 36.4 Å². The summed E-state index contributed by atoms with van der Waals surface area (Å²) < 4.78 is 10.7. The zero-order valence-electron chi connectivity index (χ0n) is 15.0. The molecule has 1 aromatic carbocycles. The number of nitrogens with one attached hydrogen (secondary N) is 1. The van der Waals surface area contributed by atoms with E-state index in [2.05, 4.69) is 10.3 Å². The maximum atomic E-state index is 12.0. The van der Waals surface area contributed by atoms with E-state index in [9.17, 15) is 4.79 Å². The van der Waals surface area contributed by atoms with E-state index < -0.39 is 6.04 Å². The number of nitrogens with zero attached hydrogens (tertiary/aromatic N) is 1. The normalized spacial score (nSPS) is 11.0. The lowest BCUT2D eigenvalue weighted by atomic mass is 10.0. The summed E-state index contributed by atoms with van der Waals surface area (Å²) in [5.41, 5.74) is 6.44. The molecule has 0 aliphatic carbocycles. The van der Waals surface area contributed by atoms with Crippen LogP contribution < -0.4 is 20.5 Å². The minimum Gasteiger partial charge on any atom is -0.497 e. The van der Waals surface area contributed by atoms with Crippen LogP contribution in [-0.2, 0) is 4.79 Å². The minimum absolute atomic E-state index is 0. The van der Waals surface area contributed by atoms with E-state index in [0.717, 1.165) is 5.75 Å². The van der Waals surface area contributed by atoms with Gasteiger partial charge in [0.2, 0.25) is 11.8 Å². The summed E-state index contributed by atoms with van der Waals surface area (Å²) in [6.07, 6.45) is 2.18. The van der Waals surface area contributed by atoms with Gasteiger partial charge in [-0.15, -0.1) is 24.8 Å². The third-order valence-electron chi connectivity index (χ3n) is 3.35. The zero-order valence-corrected chi connectivity index (χ0v) is 16.6. The number of nitrogens with two attached hydrogens (primary N) is 1. The Hall–Kier alpha value is -2.02. The Bertz CT molecular complexity index is 664. The molecule has 8 heteroatoms. The third-order valence-corrected chi connectivity index (χ3v) is 3.35. The number of hydrogen-bond acceptors (Lipinski definition) is 5. The molecular weight excluding hydrogens is 377 g/mol. The molecule has 1 amide bonds. The van der Waals surface area contributed by atoms with E-state index in [0.29, 0.717) is 29.7 Å². The maximum absolute atomic E-state index is 12.0. The molecule has 0 fully saturated rings. The highest BCUT2D eigenvalue weighted by molar-refractivity contribution is 5.94. The third kappa shape index (κ3) is 7.47. The predicted octanol–water partition coefficient (Wildman–Crippen LogP) is 4.04. The van der Waals surface area contributed by atoms with Crippen LogP contribution in [0.15, 0.2) is 42.6 Å². The first kappa shape index (κ1) is 24.0. The van der Waals surface area contributed by atoms with Gasteiger partial charge in [-0.1, -0.05) is 13.8 Å². The van der Waals surface area contributed by atoms with Gasteiger partial charge in [0, 0.05) is 6.07 Å². The second kappa shape index (κ2) is 11.6. The number of benzene rings is 1. The number of methoxy groups -OCH3 is 1. The van der Waals surface area contributed by atoms with Crippen LogP contribution in [0.25, 0.3) is 0 Å². The Morgan fingerprint density at radius 1 is 1.12 bits per heavy atom. The smallest absolute Gasteiger partial charge is 0.241 e. The first-order valence-electron chi connectivity index (χ1n) is 7.82. The van der Waals surface area contributed by atoms with Crippen LogP contribution in [-0.4, -0.2) is 24.0 Å². The van der Waals surface area contributed by atoms with Crippen molar-refractivity contribution in [3.8, 4) is 17.4 Å². The number of carbonyl (C=O) groups excluding carboxylic acids is 1. The molecule has 1 aromatic heterocycles. The lowest BCUT2D eigenvalue weighted by Crippen LogP contribution is -2.36. The van der Waals surface area contributed by atoms with Crippen molar-refractivity contribution in [1.29, 1.82) is 0 Å². The highest BCUT2D eigenvalue weighted by Gasteiger charge is 2.15. The Balaban J connectivity index is 0.00000312. The van der Waals surface area contributed by atoms with Crippen LogP contribution in [0.1, 0.15) is 20.3 Å². The molecule has 0 radical (unpaired) electrons. The number of pyridine rings is 1. The van der Waals surface area contributed by atoms with Gasteiger partial charge < -0.3 is 20.5 Å². The van der Waals surface area contributed by atoms with Crippen LogP contribution in [0, 0.1) is 5.92 Å². The van der Waals surface area contributed by atoms with Crippen LogP contribution in [0.2, 0.25) is 0 Å². The number of aromatic nitrogens is 1. The van der Waals surface area contributed by atoms with E-state index in [4.69, 9.17) is 15.2 Å². The van der Waals surface area contributed by atoms with E-state index in [1.165, 1.54) is 0 Å². The van der Waals surface area contributed by atoms with Gasteiger partial charge in [0.25, 0.3) is 0 Å². The van der Waals surface area contributed by atoms with Crippen LogP contribution in [0.4, 0.5) is 5.69 Å². The number of halogens is 2. The molecule has 1 atom stereocenters. The fourth-order valence-corrected chi connectivity index (χ4v) is 2.13. The largest absolute Gasteiger partial charge is 0.497 e. The summed E-state index contributed by atoms with van der Waals surface area (Å²) in [4.78, 5) is 16.2. The Kier molecular flexibility index (Phi) is 10.7. The lowest BCUT2D eigenvalue weighted by molar-refractivity contribution is -0.117. The van der Waals surface area contributed by atoms with Gasteiger partial charge in [0.05, 0.1) is 25.0 Å². The second-order valence-corrected chi connectivity index (χ2v) is 5.89. The van der Waals surface area contributed by atoms with Crippen molar-refractivity contribution in [3.63, 3.8) is 0 Å². The molecule has 0 aliphatic rings. The number of ether oxygens (including phenoxy) is 2. The summed E-state index contributed by atoms with van der Waals surface area (Å²) in [7, 11) is 1.61. The summed E-state index contributed by atoms with van der Waals surface area (Å²) >= 11 is 0. The number of carbonyl (C=O) groups is 1. The predicted molar refractivity (Wildman–Crippen MR) is 108 cm³/mol. The highest BCUT2D eigenvalue weighted by Crippen LogP contribution is 2.23. The van der Waals surface area contributed by atoms with Gasteiger partial charge in [-0.25, -0.2) is 4.98 Å². The Labute approximate surface area is 166 Å². The average Bonchev–Trinajstić information content (AvgIpc) is 2.56. The number of hydrogen-bond donors (Lipinski definition) is 2. The van der Waals surface area contributed by atoms with Gasteiger partial charge in [0.15, 0.2) is 0 Å². The van der Waals surface area contributed by atoms with Crippen LogP contribution in [0.3, 0.4) is 0 Å². The molecule has 0 unspecified atom stereocenters. The zero-order chi connectivity index (χ0) is 17.5. The van der Waals surface area contributed by atoms with Crippen molar-refractivity contribution in [3.05, 3.63) is 42.6 Å². The van der Waals surface area contributed by atoms with Crippen molar-refractivity contribution in [1.82, 2.24) is 4.98 Å². The minimum atomic E-state index is -0.528. The van der Waals surface area contributed by atoms with Gasteiger partial charge in [-0.3, -0.25) is 4.79 Å². The molecule has 3 N–H and O–H groups in total. The maximum Gasteiger partial charge on any atom is 0.241 e. The molecule has 0 spiro atoms. The monoisotopic (exact) mass is 401 g/mol. The molecule has 0 bridgehead atoms. The van der Waals surface area contributed by atoms with E-state index in [-0.39, 0.29) is 30.7 Å². The van der Waals surface area contributed by atoms with E-state index in [1.807, 2.05) is 13.8 Å². The molecule has 0 saturated heterocycles. The molecule has 26 heavy (non-hydrogen) atoms. The van der Waals surface area contributed by atoms with Crippen LogP contribution in [0.5, 0.6) is 17.4 Å². The summed E-state index contributed by atoms with van der Waals surface area (Å²) in [5.74, 6) is 1.99. The van der Waals surface area contributed by atoms with Gasteiger partial charge >= 0.3 is 0 Å². The van der Waals surface area contributed by atoms with Crippen molar-refractivity contribution < 1.29 is 14.3 Å². The SMILES string of the molecule is COc1ccc(Oc2ccc(NC(=O)[C@@H](N)CC(C)C)cn2)cc1.Cl.Cl. The lowest BCUT2D eigenvalue weighted by Gasteiger charge is -2.14. The molecule has 2 rings (SSSR count). The van der Waals surface area contributed by atoms with Gasteiger partial charge in [0.1, 0.15) is 11.5 Å². The second-order valence-electron chi connectivity index (χ2n) is 5.89. The molecule has 1 heterocycles. The Morgan fingerprint density at radius 3 is 2.23 bits per heavy atom. The molecule has 0 aliphatic heterocycles. The molecular formula is C18H25Cl2N3O3. The first-order valence-corrected chi connectivity index (χ1v) is 7.82. The van der Waals surface area contributed by atoms with Crippen molar-refractivity contribution in [2.24, 2.45) is 11.7 Å². The highest BCUT2D eigenvalue weighted by atomic mass is 35.5. The number of amides is 1. The molecule has 2 aromatic rings.